The van der Waals surface area contributed by atoms with Crippen LogP contribution in [0.25, 0.3) is 119 Å². The lowest BCUT2D eigenvalue weighted by molar-refractivity contribution is 0.668. The number of hydrogen-bond donors (Lipinski definition) is 0. The van der Waals surface area contributed by atoms with Crippen molar-refractivity contribution >= 4 is 190 Å². The van der Waals surface area contributed by atoms with Gasteiger partial charge in [-0.1, -0.05) is 118 Å². The molecule has 4 aromatic heterocycles. The van der Waals surface area contributed by atoms with Crippen molar-refractivity contribution in [1.29, 1.82) is 0 Å². The molecule has 0 unspecified atom stereocenters. The van der Waals surface area contributed by atoms with Crippen LogP contribution in [0.2, 0.25) is 0 Å². The number of aromatic nitrogens is 2. The molecule has 13 rings (SSSR count). The molecule has 284 valence electrons. The van der Waals surface area contributed by atoms with E-state index in [1.165, 1.54) is 10.1 Å². The molecule has 3 nitrogen and oxygen atoms in total. The zero-order valence-corrected chi connectivity index (χ0v) is 35.5. The van der Waals surface area contributed by atoms with E-state index in [1.54, 1.807) is 11.3 Å². The van der Waals surface area contributed by atoms with Crippen LogP contribution in [-0.4, -0.2) is 64.1 Å². The third-order valence-electron chi connectivity index (χ3n) is 13.3. The summed E-state index contributed by atoms with van der Waals surface area (Å²) in [6.07, 6.45) is 0. The molecule has 0 aliphatic rings. The van der Waals surface area contributed by atoms with Crippen molar-refractivity contribution < 1.29 is 4.42 Å². The third-order valence-corrected chi connectivity index (χ3v) is 14.5. The first kappa shape index (κ1) is 38.5. The summed E-state index contributed by atoms with van der Waals surface area (Å²) in [6, 6.07) is 52.3. The summed E-state index contributed by atoms with van der Waals surface area (Å²) in [5.74, 6) is 0. The SMILES string of the molecule is [B]c1c([B])c([B])c2c(c1[B])c1c([B])c(-c3ccc4c(c3)c3c(-c5ccccc5)cccc3n4-c3ccc4c(c3)oc3ccccc34)c([B])c([B])c1n2-c1ccc2c(c1)sc1ccccc12. The minimum Gasteiger partial charge on any atom is -0.456 e. The molecular weight excluding hydrogens is 800 g/mol. The number of furan rings is 1. The first-order valence-electron chi connectivity index (χ1n) is 21.2. The normalized spacial score (nSPS) is 12.1. The molecule has 0 saturated heterocycles. The van der Waals surface area contributed by atoms with Crippen molar-refractivity contribution in [1.82, 2.24) is 9.13 Å². The fourth-order valence-electron chi connectivity index (χ4n) is 10.3. The van der Waals surface area contributed by atoms with Crippen LogP contribution in [0.3, 0.4) is 0 Å². The maximum Gasteiger partial charge on any atom is 0.137 e. The summed E-state index contributed by atoms with van der Waals surface area (Å²) < 4.78 is 12.9. The van der Waals surface area contributed by atoms with Crippen LogP contribution in [0.5, 0.6) is 0 Å². The smallest absolute Gasteiger partial charge is 0.137 e. The summed E-state index contributed by atoms with van der Waals surface area (Å²) in [7, 11) is 49.1. The second kappa shape index (κ2) is 14.0. The first-order chi connectivity index (χ1) is 31.7. The second-order valence-electron chi connectivity index (χ2n) is 16.7. The molecule has 0 spiro atoms. The van der Waals surface area contributed by atoms with Crippen LogP contribution >= 0.6 is 11.3 Å². The number of hydrogen-bond acceptors (Lipinski definition) is 2. The van der Waals surface area contributed by atoms with E-state index in [0.717, 1.165) is 81.9 Å². The largest absolute Gasteiger partial charge is 0.456 e. The average Bonchev–Trinajstić information content (AvgIpc) is 4.09. The highest BCUT2D eigenvalue weighted by Gasteiger charge is 2.26. The lowest BCUT2D eigenvalue weighted by atomic mass is 9.64. The lowest BCUT2D eigenvalue weighted by Gasteiger charge is -2.19. The van der Waals surface area contributed by atoms with Gasteiger partial charge in [0.1, 0.15) is 66.1 Å². The molecule has 0 saturated carbocycles. The quantitative estimate of drug-likeness (QED) is 0.175. The van der Waals surface area contributed by atoms with Gasteiger partial charge in [0, 0.05) is 75.6 Å². The highest BCUT2D eigenvalue weighted by atomic mass is 32.1. The summed E-state index contributed by atoms with van der Waals surface area (Å²) in [6.45, 7) is 0. The Labute approximate surface area is 386 Å². The Bertz CT molecular complexity index is 4220. The van der Waals surface area contributed by atoms with E-state index in [9.17, 15) is 0 Å². The van der Waals surface area contributed by atoms with E-state index in [-0.39, 0.29) is 21.9 Å². The van der Waals surface area contributed by atoms with Gasteiger partial charge in [-0.25, -0.2) is 0 Å². The molecule has 0 aliphatic carbocycles. The van der Waals surface area contributed by atoms with Crippen molar-refractivity contribution in [2.75, 3.05) is 0 Å². The number of nitrogens with zero attached hydrogens (tertiary/aromatic N) is 2. The molecular formula is C54H25B7N2OS. The second-order valence-corrected chi connectivity index (χ2v) is 17.8. The van der Waals surface area contributed by atoms with E-state index in [4.69, 9.17) is 59.3 Å². The zero-order chi connectivity index (χ0) is 44.0. The van der Waals surface area contributed by atoms with Crippen molar-refractivity contribution in [2.45, 2.75) is 0 Å². The summed E-state index contributed by atoms with van der Waals surface area (Å²) in [4.78, 5) is 0. The van der Waals surface area contributed by atoms with Gasteiger partial charge in [-0.2, -0.15) is 0 Å². The van der Waals surface area contributed by atoms with E-state index in [0.29, 0.717) is 43.8 Å². The Kier molecular flexibility index (Phi) is 8.31. The molecule has 0 atom stereocenters. The van der Waals surface area contributed by atoms with Crippen molar-refractivity contribution in [3.05, 3.63) is 152 Å². The van der Waals surface area contributed by atoms with Crippen LogP contribution in [0.1, 0.15) is 0 Å². The molecule has 13 aromatic rings. The van der Waals surface area contributed by atoms with Gasteiger partial charge in [-0.3, -0.25) is 0 Å². The lowest BCUT2D eigenvalue weighted by Crippen LogP contribution is -2.48. The van der Waals surface area contributed by atoms with Gasteiger partial charge in [-0.05, 0) is 82.2 Å². The highest BCUT2D eigenvalue weighted by Crippen LogP contribution is 2.42. The van der Waals surface area contributed by atoms with Crippen molar-refractivity contribution in [2.24, 2.45) is 0 Å². The topological polar surface area (TPSA) is 23.0 Å². The van der Waals surface area contributed by atoms with Crippen LogP contribution < -0.4 is 38.2 Å². The molecule has 14 radical (unpaired) electrons. The summed E-state index contributed by atoms with van der Waals surface area (Å²) in [5.41, 5.74) is 12.0. The van der Waals surface area contributed by atoms with Gasteiger partial charge in [0.25, 0.3) is 0 Å². The number of fused-ring (bicyclic) bond motifs is 12. The maximum absolute atomic E-state index is 7.45. The fourth-order valence-corrected chi connectivity index (χ4v) is 11.5. The molecule has 0 N–H and O–H groups in total. The van der Waals surface area contributed by atoms with Gasteiger partial charge in [0.2, 0.25) is 0 Å². The number of thiophene rings is 1. The summed E-state index contributed by atoms with van der Waals surface area (Å²) in [5, 5.41) is 7.67. The molecule has 0 amide bonds. The molecule has 0 bridgehead atoms. The minimum absolute atomic E-state index is 0.175. The Hall–Kier alpha value is -6.95. The van der Waals surface area contributed by atoms with Gasteiger partial charge >= 0.3 is 0 Å². The van der Waals surface area contributed by atoms with Crippen LogP contribution in [0, 0.1) is 0 Å². The Morgan fingerprint density at radius 3 is 1.83 bits per heavy atom. The average molecular weight is 826 g/mol. The summed E-state index contributed by atoms with van der Waals surface area (Å²) >= 11 is 1.71. The predicted octanol–water partition coefficient (Wildman–Crippen LogP) is 7.04. The van der Waals surface area contributed by atoms with Crippen LogP contribution in [0.15, 0.2) is 156 Å². The van der Waals surface area contributed by atoms with Gasteiger partial charge < -0.3 is 13.6 Å². The number of para-hydroxylation sites is 1. The maximum atomic E-state index is 7.45. The fraction of sp³-hybridized carbons (Fsp3) is 0. The van der Waals surface area contributed by atoms with Gasteiger partial charge in [0.15, 0.2) is 0 Å². The Balaban J connectivity index is 1.10. The van der Waals surface area contributed by atoms with Gasteiger partial charge in [-0.15, -0.1) is 22.3 Å². The Morgan fingerprint density at radius 1 is 0.369 bits per heavy atom. The van der Waals surface area contributed by atoms with Gasteiger partial charge in [0.05, 0.1) is 11.0 Å². The zero-order valence-electron chi connectivity index (χ0n) is 34.7. The minimum atomic E-state index is 0.175. The predicted molar refractivity (Wildman–Crippen MR) is 284 cm³/mol. The van der Waals surface area contributed by atoms with Crippen molar-refractivity contribution in [3.63, 3.8) is 0 Å². The van der Waals surface area contributed by atoms with Crippen LogP contribution in [0.4, 0.5) is 0 Å². The highest BCUT2D eigenvalue weighted by molar-refractivity contribution is 7.25. The van der Waals surface area contributed by atoms with E-state index < -0.39 is 0 Å². The number of rotatable bonds is 4. The monoisotopic (exact) mass is 826 g/mol. The number of benzene rings is 9. The van der Waals surface area contributed by atoms with E-state index in [1.807, 2.05) is 47.0 Å². The van der Waals surface area contributed by atoms with Crippen LogP contribution in [-0.2, 0) is 0 Å². The first-order valence-corrected chi connectivity index (χ1v) is 22.0. The standard InChI is InChI=1S/C54H25B7N2OS/c55-46-42(47(56)51(60)53-44(46)45-48(57)49(58)50(59)52(61)54(45)63(53)29-19-21-34-33-12-5-7-16-40(33)65-41(34)25-29)27-17-22-36-35(23-27)43-30(26-9-2-1-3-10-26)13-8-14-37(43)62(36)28-18-20-32-31-11-4-6-15-38(31)64-39(32)24-28/h1-25H. The molecule has 0 aliphatic heterocycles. The molecule has 65 heavy (non-hydrogen) atoms. The molecule has 0 fully saturated rings. The van der Waals surface area contributed by atoms with E-state index in [2.05, 4.69) is 114 Å². The molecule has 9 aromatic carbocycles. The van der Waals surface area contributed by atoms with E-state index >= 15 is 0 Å². The third kappa shape index (κ3) is 5.33. The molecule has 11 heteroatoms. The van der Waals surface area contributed by atoms with Crippen molar-refractivity contribution in [3.8, 4) is 33.6 Å². The molecule has 4 heterocycles. The Morgan fingerprint density at radius 2 is 1.02 bits per heavy atom.